The van der Waals surface area contributed by atoms with Crippen LogP contribution in [0.3, 0.4) is 0 Å². The van der Waals surface area contributed by atoms with Crippen LogP contribution < -0.4 is 15.4 Å². The van der Waals surface area contributed by atoms with E-state index in [9.17, 15) is 9.18 Å². The van der Waals surface area contributed by atoms with E-state index in [1.807, 2.05) is 12.1 Å². The zero-order chi connectivity index (χ0) is 21.3. The number of amides is 1. The first-order chi connectivity index (χ1) is 14.6. The molecule has 0 fully saturated rings. The molecule has 9 heteroatoms. The number of rotatable bonds is 8. The van der Waals surface area contributed by atoms with E-state index in [1.54, 1.807) is 23.8 Å². The number of carbonyl (C=O) groups is 1. The topological polar surface area (TPSA) is 76.1 Å². The fourth-order valence-corrected chi connectivity index (χ4v) is 3.58. The van der Waals surface area contributed by atoms with Gasteiger partial charge < -0.3 is 10.1 Å². The van der Waals surface area contributed by atoms with Gasteiger partial charge in [-0.05, 0) is 42.9 Å². The van der Waals surface area contributed by atoms with Crippen molar-refractivity contribution in [3.8, 4) is 16.3 Å². The second kappa shape index (κ2) is 10.7. The largest absolute Gasteiger partial charge is 0.491 e. The maximum atomic E-state index is 14.2. The number of hydrogen-bond donors (Lipinski definition) is 2. The standard InChI is InChI=1S/C21H21FN4O2S2/c1-2-3-4-11-28-18-6-5-15(12-16(18)22)24-21(29)26-19(27)17-13-30-20(25-17)14-7-9-23-10-8-14/h5-10,12-13H,2-4,11H2,1H3,(H2,24,26,27,29). The number of thiazole rings is 1. The molecule has 0 aliphatic rings. The quantitative estimate of drug-likeness (QED) is 0.374. The average molecular weight is 445 g/mol. The fourth-order valence-electron chi connectivity index (χ4n) is 2.56. The number of halogens is 1. The van der Waals surface area contributed by atoms with Gasteiger partial charge in [-0.25, -0.2) is 9.37 Å². The lowest BCUT2D eigenvalue weighted by Crippen LogP contribution is -2.34. The molecule has 156 valence electrons. The van der Waals surface area contributed by atoms with Gasteiger partial charge in [-0.3, -0.25) is 15.1 Å². The Hall–Kier alpha value is -2.91. The molecule has 0 spiro atoms. The van der Waals surface area contributed by atoms with Crippen LogP contribution in [0, 0.1) is 5.82 Å². The van der Waals surface area contributed by atoms with Gasteiger partial charge in [0.15, 0.2) is 16.7 Å². The lowest BCUT2D eigenvalue weighted by atomic mass is 10.2. The van der Waals surface area contributed by atoms with E-state index in [-0.39, 0.29) is 16.6 Å². The van der Waals surface area contributed by atoms with Gasteiger partial charge in [-0.1, -0.05) is 19.8 Å². The molecular formula is C21H21FN4O2S2. The Bertz CT molecular complexity index is 1010. The molecule has 3 aromatic rings. The number of nitrogens with zero attached hydrogens (tertiary/aromatic N) is 2. The number of anilines is 1. The Balaban J connectivity index is 1.54. The second-order valence-corrected chi connectivity index (χ2v) is 7.65. The number of nitrogens with one attached hydrogen (secondary N) is 2. The Morgan fingerprint density at radius 2 is 2.03 bits per heavy atom. The fraction of sp³-hybridized carbons (Fsp3) is 0.238. The highest BCUT2D eigenvalue weighted by molar-refractivity contribution is 7.80. The summed E-state index contributed by atoms with van der Waals surface area (Å²) in [6, 6.07) is 8.09. The zero-order valence-corrected chi connectivity index (χ0v) is 18.0. The first kappa shape index (κ1) is 21.8. The number of ether oxygens (including phenoxy) is 1. The molecule has 2 heterocycles. The minimum Gasteiger partial charge on any atom is -0.491 e. The number of unbranched alkanes of at least 4 members (excludes halogenated alkanes) is 2. The molecule has 3 rings (SSSR count). The van der Waals surface area contributed by atoms with Gasteiger partial charge in [-0.15, -0.1) is 11.3 Å². The van der Waals surface area contributed by atoms with Crippen molar-refractivity contribution in [1.29, 1.82) is 0 Å². The van der Waals surface area contributed by atoms with E-state index in [2.05, 4.69) is 27.5 Å². The molecule has 0 unspecified atom stereocenters. The van der Waals surface area contributed by atoms with Gasteiger partial charge in [0.2, 0.25) is 0 Å². The summed E-state index contributed by atoms with van der Waals surface area (Å²) in [5.74, 6) is -0.745. The summed E-state index contributed by atoms with van der Waals surface area (Å²) >= 11 is 6.51. The van der Waals surface area contributed by atoms with Crippen LogP contribution in [0.25, 0.3) is 10.6 Å². The summed E-state index contributed by atoms with van der Waals surface area (Å²) in [7, 11) is 0. The SMILES string of the molecule is CCCCCOc1ccc(NC(=S)NC(=O)c2csc(-c3ccncc3)n2)cc1F. The van der Waals surface area contributed by atoms with Crippen molar-refractivity contribution in [2.75, 3.05) is 11.9 Å². The van der Waals surface area contributed by atoms with Crippen LogP contribution in [0.2, 0.25) is 0 Å². The molecule has 1 aromatic carbocycles. The molecule has 0 aliphatic heterocycles. The third-order valence-electron chi connectivity index (χ3n) is 4.09. The molecule has 0 radical (unpaired) electrons. The van der Waals surface area contributed by atoms with Crippen LogP contribution in [0.1, 0.15) is 36.7 Å². The number of pyridine rings is 1. The minimum atomic E-state index is -0.493. The predicted octanol–water partition coefficient (Wildman–Crippen LogP) is 5.04. The zero-order valence-electron chi connectivity index (χ0n) is 16.4. The van der Waals surface area contributed by atoms with Gasteiger partial charge in [-0.2, -0.15) is 0 Å². The summed E-state index contributed by atoms with van der Waals surface area (Å²) in [6.45, 7) is 2.57. The summed E-state index contributed by atoms with van der Waals surface area (Å²) in [6.07, 6.45) is 6.32. The van der Waals surface area contributed by atoms with E-state index < -0.39 is 11.7 Å². The second-order valence-electron chi connectivity index (χ2n) is 6.38. The van der Waals surface area contributed by atoms with Crippen molar-refractivity contribution in [2.45, 2.75) is 26.2 Å². The van der Waals surface area contributed by atoms with E-state index in [4.69, 9.17) is 17.0 Å². The summed E-state index contributed by atoms with van der Waals surface area (Å²) < 4.78 is 19.6. The van der Waals surface area contributed by atoms with Crippen molar-refractivity contribution in [2.24, 2.45) is 0 Å². The highest BCUT2D eigenvalue weighted by atomic mass is 32.1. The van der Waals surface area contributed by atoms with Crippen LogP contribution >= 0.6 is 23.6 Å². The van der Waals surface area contributed by atoms with E-state index in [0.29, 0.717) is 17.3 Å². The number of benzene rings is 1. The van der Waals surface area contributed by atoms with Crippen molar-refractivity contribution < 1.29 is 13.9 Å². The average Bonchev–Trinajstić information content (AvgIpc) is 3.23. The third-order valence-corrected chi connectivity index (χ3v) is 5.18. The summed E-state index contributed by atoms with van der Waals surface area (Å²) in [4.78, 5) is 20.7. The van der Waals surface area contributed by atoms with Crippen molar-refractivity contribution in [3.05, 3.63) is 59.6 Å². The Morgan fingerprint density at radius 1 is 1.23 bits per heavy atom. The lowest BCUT2D eigenvalue weighted by molar-refractivity contribution is 0.0973. The van der Waals surface area contributed by atoms with Crippen LogP contribution in [0.5, 0.6) is 5.75 Å². The third kappa shape index (κ3) is 6.04. The molecule has 2 aromatic heterocycles. The van der Waals surface area contributed by atoms with Crippen molar-refractivity contribution >= 4 is 40.3 Å². The van der Waals surface area contributed by atoms with Gasteiger partial charge in [0.05, 0.1) is 6.61 Å². The monoisotopic (exact) mass is 444 g/mol. The Morgan fingerprint density at radius 3 is 2.77 bits per heavy atom. The van der Waals surface area contributed by atoms with Gasteiger partial charge in [0.1, 0.15) is 10.7 Å². The Labute approximate surface area is 183 Å². The smallest absolute Gasteiger partial charge is 0.276 e. The van der Waals surface area contributed by atoms with Crippen LogP contribution in [0.15, 0.2) is 48.1 Å². The normalized spacial score (nSPS) is 10.5. The first-order valence-electron chi connectivity index (χ1n) is 9.47. The van der Waals surface area contributed by atoms with Gasteiger partial charge >= 0.3 is 0 Å². The highest BCUT2D eigenvalue weighted by Crippen LogP contribution is 2.23. The molecule has 0 aliphatic carbocycles. The number of carbonyl (C=O) groups excluding carboxylic acids is 1. The van der Waals surface area contributed by atoms with E-state index in [1.165, 1.54) is 23.5 Å². The van der Waals surface area contributed by atoms with Crippen molar-refractivity contribution in [3.63, 3.8) is 0 Å². The minimum absolute atomic E-state index is 0.0504. The van der Waals surface area contributed by atoms with Crippen LogP contribution in [0.4, 0.5) is 10.1 Å². The van der Waals surface area contributed by atoms with Gasteiger partial charge in [0.25, 0.3) is 5.91 Å². The molecule has 1 amide bonds. The maximum Gasteiger partial charge on any atom is 0.276 e. The molecule has 6 nitrogen and oxygen atoms in total. The molecular weight excluding hydrogens is 423 g/mol. The first-order valence-corrected chi connectivity index (χ1v) is 10.8. The summed E-state index contributed by atoms with van der Waals surface area (Å²) in [5, 5.41) is 7.76. The van der Waals surface area contributed by atoms with Crippen LogP contribution in [-0.4, -0.2) is 27.6 Å². The maximum absolute atomic E-state index is 14.2. The number of aromatic nitrogens is 2. The number of hydrogen-bond acceptors (Lipinski definition) is 6. The van der Waals surface area contributed by atoms with Crippen molar-refractivity contribution in [1.82, 2.24) is 15.3 Å². The molecule has 0 saturated carbocycles. The molecule has 30 heavy (non-hydrogen) atoms. The van der Waals surface area contributed by atoms with E-state index in [0.717, 1.165) is 24.8 Å². The summed E-state index contributed by atoms with van der Waals surface area (Å²) in [5.41, 5.74) is 1.54. The van der Waals surface area contributed by atoms with Gasteiger partial charge in [0, 0.05) is 35.1 Å². The predicted molar refractivity (Wildman–Crippen MR) is 120 cm³/mol. The number of thiocarbonyl (C=S) groups is 1. The Kier molecular flexibility index (Phi) is 7.81. The molecule has 0 bridgehead atoms. The molecule has 0 saturated heterocycles. The van der Waals surface area contributed by atoms with Crippen LogP contribution in [-0.2, 0) is 0 Å². The lowest BCUT2D eigenvalue weighted by Gasteiger charge is -2.11. The van der Waals surface area contributed by atoms with E-state index >= 15 is 0 Å². The molecule has 2 N–H and O–H groups in total. The highest BCUT2D eigenvalue weighted by Gasteiger charge is 2.14. The molecule has 0 atom stereocenters.